The van der Waals surface area contributed by atoms with Crippen molar-refractivity contribution in [2.24, 2.45) is 0 Å². The van der Waals surface area contributed by atoms with E-state index in [0.717, 1.165) is 17.0 Å². The molecule has 1 N–H and O–H groups in total. The lowest BCUT2D eigenvalue weighted by atomic mass is 10.1. The van der Waals surface area contributed by atoms with E-state index >= 15 is 0 Å². The number of urea groups is 1. The average molecular weight is 405 g/mol. The molecular formula is C23H23N3O4. The predicted octanol–water partition coefficient (Wildman–Crippen LogP) is 4.10. The van der Waals surface area contributed by atoms with Crippen LogP contribution in [-0.2, 0) is 13.0 Å². The third-order valence-electron chi connectivity index (χ3n) is 4.78. The fraction of sp³-hybridized carbons (Fsp3) is 0.217. The van der Waals surface area contributed by atoms with Crippen molar-refractivity contribution in [2.45, 2.75) is 13.0 Å². The number of fused-ring (bicyclic) bond motifs is 1. The summed E-state index contributed by atoms with van der Waals surface area (Å²) in [5.74, 6) is 2.11. The van der Waals surface area contributed by atoms with Gasteiger partial charge in [-0.1, -0.05) is 18.2 Å². The topological polar surface area (TPSA) is 72.9 Å². The van der Waals surface area contributed by atoms with Crippen LogP contribution in [0.5, 0.6) is 17.2 Å². The number of nitrogens with one attached hydrogen (secondary N) is 1. The van der Waals surface area contributed by atoms with Crippen LogP contribution in [0, 0.1) is 0 Å². The zero-order valence-corrected chi connectivity index (χ0v) is 16.7. The summed E-state index contributed by atoms with van der Waals surface area (Å²) in [6, 6.07) is 18.6. The molecule has 2 heterocycles. The largest absolute Gasteiger partial charge is 0.497 e. The van der Waals surface area contributed by atoms with Gasteiger partial charge in [0.05, 0.1) is 7.11 Å². The highest BCUT2D eigenvalue weighted by Gasteiger charge is 2.18. The highest BCUT2D eigenvalue weighted by molar-refractivity contribution is 5.89. The minimum Gasteiger partial charge on any atom is -0.497 e. The van der Waals surface area contributed by atoms with Crippen molar-refractivity contribution in [3.05, 3.63) is 78.1 Å². The molecule has 0 fully saturated rings. The Bertz CT molecular complexity index is 1010. The molecule has 0 aliphatic carbocycles. The summed E-state index contributed by atoms with van der Waals surface area (Å²) < 4.78 is 16.1. The molecule has 4 rings (SSSR count). The number of hydrogen-bond donors (Lipinski definition) is 1. The molecule has 0 saturated heterocycles. The Hall–Kier alpha value is -3.74. The third-order valence-corrected chi connectivity index (χ3v) is 4.78. The van der Waals surface area contributed by atoms with Gasteiger partial charge < -0.3 is 24.4 Å². The van der Waals surface area contributed by atoms with Gasteiger partial charge in [0.2, 0.25) is 6.79 Å². The van der Waals surface area contributed by atoms with E-state index in [2.05, 4.69) is 10.3 Å². The summed E-state index contributed by atoms with van der Waals surface area (Å²) in [5, 5.41) is 2.96. The molecule has 3 aromatic rings. The summed E-state index contributed by atoms with van der Waals surface area (Å²) in [6.07, 6.45) is 2.41. The molecule has 7 heteroatoms. The maximum Gasteiger partial charge on any atom is 0.322 e. The number of rotatable bonds is 7. The summed E-state index contributed by atoms with van der Waals surface area (Å²) >= 11 is 0. The Labute approximate surface area is 175 Å². The van der Waals surface area contributed by atoms with Gasteiger partial charge in [-0.25, -0.2) is 4.79 Å². The van der Waals surface area contributed by atoms with E-state index in [9.17, 15) is 4.79 Å². The van der Waals surface area contributed by atoms with Gasteiger partial charge in [-0.2, -0.15) is 0 Å². The van der Waals surface area contributed by atoms with E-state index in [-0.39, 0.29) is 12.8 Å². The molecule has 0 radical (unpaired) electrons. The molecule has 0 spiro atoms. The Balaban J connectivity index is 1.50. The van der Waals surface area contributed by atoms with E-state index in [1.807, 2.05) is 54.6 Å². The second kappa shape index (κ2) is 9.17. The molecule has 0 unspecified atom stereocenters. The molecule has 154 valence electrons. The monoisotopic (exact) mass is 405 g/mol. The van der Waals surface area contributed by atoms with Gasteiger partial charge in [-0.15, -0.1) is 0 Å². The number of amides is 2. The van der Waals surface area contributed by atoms with Gasteiger partial charge in [0.15, 0.2) is 11.5 Å². The van der Waals surface area contributed by atoms with E-state index in [4.69, 9.17) is 14.2 Å². The molecule has 7 nitrogen and oxygen atoms in total. The fourth-order valence-electron chi connectivity index (χ4n) is 3.21. The summed E-state index contributed by atoms with van der Waals surface area (Å²) in [5.41, 5.74) is 2.57. The maximum atomic E-state index is 13.1. The van der Waals surface area contributed by atoms with Crippen LogP contribution in [-0.4, -0.2) is 36.4 Å². The number of pyridine rings is 1. The first-order valence-electron chi connectivity index (χ1n) is 9.70. The molecule has 0 saturated carbocycles. The number of nitrogens with zero attached hydrogens (tertiary/aromatic N) is 2. The molecule has 1 aliphatic heterocycles. The number of carbonyl (C=O) groups is 1. The average Bonchev–Trinajstić information content (AvgIpc) is 3.25. The van der Waals surface area contributed by atoms with Crippen molar-refractivity contribution >= 4 is 11.7 Å². The Morgan fingerprint density at radius 1 is 1.10 bits per heavy atom. The predicted molar refractivity (Wildman–Crippen MR) is 113 cm³/mol. The molecule has 0 atom stereocenters. The minimum absolute atomic E-state index is 0.197. The van der Waals surface area contributed by atoms with Gasteiger partial charge >= 0.3 is 6.03 Å². The lowest BCUT2D eigenvalue weighted by Gasteiger charge is -2.23. The zero-order chi connectivity index (χ0) is 20.8. The van der Waals surface area contributed by atoms with Crippen molar-refractivity contribution in [3.8, 4) is 17.2 Å². The van der Waals surface area contributed by atoms with Crippen LogP contribution >= 0.6 is 0 Å². The van der Waals surface area contributed by atoms with Crippen molar-refractivity contribution < 1.29 is 19.0 Å². The van der Waals surface area contributed by atoms with Gasteiger partial charge in [0.25, 0.3) is 0 Å². The molecular weight excluding hydrogens is 382 g/mol. The number of benzene rings is 2. The van der Waals surface area contributed by atoms with Crippen molar-refractivity contribution in [1.29, 1.82) is 0 Å². The summed E-state index contributed by atoms with van der Waals surface area (Å²) in [7, 11) is 1.60. The SMILES string of the molecule is COc1cccc(NC(=O)N(CCc2ccccn2)Cc2ccc3c(c2)OCO3)c1. The molecule has 1 aliphatic rings. The van der Waals surface area contributed by atoms with E-state index in [1.54, 1.807) is 24.3 Å². The van der Waals surface area contributed by atoms with Crippen molar-refractivity contribution in [3.63, 3.8) is 0 Å². The summed E-state index contributed by atoms with van der Waals surface area (Å²) in [4.78, 5) is 19.2. The number of aromatic nitrogens is 1. The van der Waals surface area contributed by atoms with Crippen LogP contribution in [0.4, 0.5) is 10.5 Å². The normalized spacial score (nSPS) is 11.8. The first-order valence-corrected chi connectivity index (χ1v) is 9.70. The Morgan fingerprint density at radius 3 is 2.83 bits per heavy atom. The quantitative estimate of drug-likeness (QED) is 0.641. The first kappa shape index (κ1) is 19.6. The first-order chi connectivity index (χ1) is 14.7. The maximum absolute atomic E-state index is 13.1. The standard InChI is InChI=1S/C23H23N3O4/c1-28-20-7-4-6-19(14-20)25-23(27)26(12-10-18-5-2-3-11-24-18)15-17-8-9-21-22(13-17)30-16-29-21/h2-9,11,13-14H,10,12,15-16H2,1H3,(H,25,27). The lowest BCUT2D eigenvalue weighted by molar-refractivity contribution is 0.174. The Kier molecular flexibility index (Phi) is 5.98. The highest BCUT2D eigenvalue weighted by atomic mass is 16.7. The molecule has 2 amide bonds. The van der Waals surface area contributed by atoms with Crippen molar-refractivity contribution in [2.75, 3.05) is 25.8 Å². The molecule has 2 aromatic carbocycles. The van der Waals surface area contributed by atoms with Crippen LogP contribution < -0.4 is 19.5 Å². The zero-order valence-electron chi connectivity index (χ0n) is 16.7. The Morgan fingerprint density at radius 2 is 2.00 bits per heavy atom. The van der Waals surface area contributed by atoms with Crippen LogP contribution in [0.1, 0.15) is 11.3 Å². The molecule has 1 aromatic heterocycles. The number of hydrogen-bond acceptors (Lipinski definition) is 5. The van der Waals surface area contributed by atoms with Crippen LogP contribution in [0.2, 0.25) is 0 Å². The van der Waals surface area contributed by atoms with Crippen LogP contribution in [0.15, 0.2) is 66.9 Å². The number of ether oxygens (including phenoxy) is 3. The second-order valence-corrected chi connectivity index (χ2v) is 6.84. The highest BCUT2D eigenvalue weighted by Crippen LogP contribution is 2.33. The molecule has 0 bridgehead atoms. The van der Waals surface area contributed by atoms with Crippen LogP contribution in [0.25, 0.3) is 0 Å². The van der Waals surface area contributed by atoms with E-state index in [1.165, 1.54) is 0 Å². The number of carbonyl (C=O) groups excluding carboxylic acids is 1. The lowest BCUT2D eigenvalue weighted by Crippen LogP contribution is -2.36. The van der Waals surface area contributed by atoms with E-state index < -0.39 is 0 Å². The number of methoxy groups -OCH3 is 1. The fourth-order valence-corrected chi connectivity index (χ4v) is 3.21. The third kappa shape index (κ3) is 4.81. The van der Waals surface area contributed by atoms with Gasteiger partial charge in [-0.05, 0) is 42.0 Å². The van der Waals surface area contributed by atoms with Crippen LogP contribution in [0.3, 0.4) is 0 Å². The smallest absolute Gasteiger partial charge is 0.322 e. The summed E-state index contributed by atoms with van der Waals surface area (Å²) in [6.45, 7) is 1.17. The molecule has 30 heavy (non-hydrogen) atoms. The van der Waals surface area contributed by atoms with Gasteiger partial charge in [0, 0.05) is 43.2 Å². The number of anilines is 1. The minimum atomic E-state index is -0.197. The van der Waals surface area contributed by atoms with Gasteiger partial charge in [-0.3, -0.25) is 4.98 Å². The van der Waals surface area contributed by atoms with Gasteiger partial charge in [0.1, 0.15) is 5.75 Å². The van der Waals surface area contributed by atoms with Crippen molar-refractivity contribution in [1.82, 2.24) is 9.88 Å². The second-order valence-electron chi connectivity index (χ2n) is 6.84. The van der Waals surface area contributed by atoms with E-state index in [0.29, 0.717) is 36.7 Å².